The van der Waals surface area contributed by atoms with Gasteiger partial charge in [-0.15, -0.1) is 0 Å². The van der Waals surface area contributed by atoms with Crippen LogP contribution in [0.3, 0.4) is 0 Å². The predicted molar refractivity (Wildman–Crippen MR) is 104 cm³/mol. The van der Waals surface area contributed by atoms with Gasteiger partial charge in [-0.2, -0.15) is 0 Å². The molecule has 0 aromatic heterocycles. The van der Waals surface area contributed by atoms with Gasteiger partial charge in [0.05, 0.1) is 24.8 Å². The first-order valence-electron chi connectivity index (χ1n) is 10.1. The normalized spacial score (nSPS) is 31.0. The van der Waals surface area contributed by atoms with Crippen LogP contribution in [0.4, 0.5) is 0 Å². The van der Waals surface area contributed by atoms with E-state index in [9.17, 15) is 9.59 Å². The first kappa shape index (κ1) is 19.4. The highest BCUT2D eigenvalue weighted by Crippen LogP contribution is 2.34. The molecule has 0 saturated carbocycles. The zero-order valence-corrected chi connectivity index (χ0v) is 16.6. The summed E-state index contributed by atoms with van der Waals surface area (Å²) in [7, 11) is 0. The fraction of sp³-hybridized carbons (Fsp3) is 0.619. The van der Waals surface area contributed by atoms with Crippen LogP contribution in [-0.4, -0.2) is 78.8 Å². The Kier molecular flexibility index (Phi) is 5.40. The summed E-state index contributed by atoms with van der Waals surface area (Å²) in [5.74, 6) is -0.132. The van der Waals surface area contributed by atoms with E-state index in [2.05, 4.69) is 5.32 Å². The number of ether oxygens (including phenoxy) is 2. The van der Waals surface area contributed by atoms with Crippen LogP contribution < -0.4 is 5.32 Å². The van der Waals surface area contributed by atoms with Crippen LogP contribution in [0.15, 0.2) is 30.3 Å². The summed E-state index contributed by atoms with van der Waals surface area (Å²) in [6.45, 7) is 7.22. The maximum absolute atomic E-state index is 13.5. The number of hydrogen-bond acceptors (Lipinski definition) is 5. The molecule has 3 atom stereocenters. The minimum atomic E-state index is -0.702. The molecular weight excluding hydrogens is 358 g/mol. The molecule has 1 aromatic rings. The molecule has 1 unspecified atom stereocenters. The Morgan fingerprint density at radius 2 is 2.07 bits per heavy atom. The molecule has 7 heteroatoms. The van der Waals surface area contributed by atoms with Gasteiger partial charge < -0.3 is 24.6 Å². The molecule has 1 N–H and O–H groups in total. The highest BCUT2D eigenvalue weighted by molar-refractivity contribution is 5.86. The third kappa shape index (κ3) is 3.54. The Morgan fingerprint density at radius 1 is 1.29 bits per heavy atom. The quantitative estimate of drug-likeness (QED) is 0.836. The fourth-order valence-corrected chi connectivity index (χ4v) is 4.62. The molecule has 0 bridgehead atoms. The summed E-state index contributed by atoms with van der Waals surface area (Å²) in [6.07, 6.45) is 0.202. The topological polar surface area (TPSA) is 71.1 Å². The van der Waals surface area contributed by atoms with Crippen molar-refractivity contribution in [2.45, 2.75) is 44.1 Å². The van der Waals surface area contributed by atoms with Gasteiger partial charge >= 0.3 is 0 Å². The smallest absolute Gasteiger partial charge is 0.254 e. The van der Waals surface area contributed by atoms with Gasteiger partial charge in [0.15, 0.2) is 6.10 Å². The summed E-state index contributed by atoms with van der Waals surface area (Å²) < 4.78 is 11.9. The molecule has 0 radical (unpaired) electrons. The van der Waals surface area contributed by atoms with Crippen molar-refractivity contribution in [2.75, 3.05) is 39.4 Å². The zero-order valence-electron chi connectivity index (χ0n) is 16.6. The van der Waals surface area contributed by atoms with Crippen molar-refractivity contribution in [1.82, 2.24) is 15.1 Å². The van der Waals surface area contributed by atoms with E-state index in [4.69, 9.17) is 9.47 Å². The second kappa shape index (κ2) is 7.81. The van der Waals surface area contributed by atoms with Crippen LogP contribution in [0.5, 0.6) is 0 Å². The van der Waals surface area contributed by atoms with Crippen molar-refractivity contribution in [1.29, 1.82) is 0 Å². The molecule has 3 aliphatic rings. The van der Waals surface area contributed by atoms with Crippen molar-refractivity contribution >= 4 is 11.8 Å². The van der Waals surface area contributed by atoms with Crippen molar-refractivity contribution in [3.63, 3.8) is 0 Å². The molecule has 4 rings (SSSR count). The summed E-state index contributed by atoms with van der Waals surface area (Å²) in [4.78, 5) is 29.8. The van der Waals surface area contributed by atoms with E-state index >= 15 is 0 Å². The lowest BCUT2D eigenvalue weighted by molar-refractivity contribution is -0.178. The minimum Gasteiger partial charge on any atom is -0.370 e. The summed E-state index contributed by atoms with van der Waals surface area (Å²) in [5.41, 5.74) is 0.631. The lowest BCUT2D eigenvalue weighted by Crippen LogP contribution is -2.61. The van der Waals surface area contributed by atoms with Gasteiger partial charge in [0.1, 0.15) is 6.61 Å². The van der Waals surface area contributed by atoms with E-state index in [0.29, 0.717) is 19.7 Å². The minimum absolute atomic E-state index is 0.0213. The first-order valence-corrected chi connectivity index (χ1v) is 10.1. The molecule has 2 amide bonds. The van der Waals surface area contributed by atoms with Crippen LogP contribution >= 0.6 is 0 Å². The molecule has 7 nitrogen and oxygen atoms in total. The Bertz CT molecular complexity index is 718. The lowest BCUT2D eigenvalue weighted by Gasteiger charge is -2.46. The van der Waals surface area contributed by atoms with Crippen molar-refractivity contribution in [3.05, 3.63) is 35.9 Å². The standard InChI is InChI=1S/C21H29N3O4/c1-15(2)24-17(25)12-27-19(18(24)16-6-4-3-5-7-16)20(26)23-10-11-28-21(14-23)8-9-22-13-21/h3-7,15,18-19,22H,8-14H2,1-2H3/t18-,19+,21?/m1/s1. The van der Waals surface area contributed by atoms with E-state index in [1.54, 1.807) is 4.90 Å². The molecule has 1 spiro atoms. The van der Waals surface area contributed by atoms with Crippen LogP contribution in [0.2, 0.25) is 0 Å². The summed E-state index contributed by atoms with van der Waals surface area (Å²) in [6, 6.07) is 9.28. The Labute approximate surface area is 166 Å². The Hall–Kier alpha value is -1.96. The average Bonchev–Trinajstić information content (AvgIpc) is 3.15. The average molecular weight is 387 g/mol. The van der Waals surface area contributed by atoms with Crippen molar-refractivity contribution in [3.8, 4) is 0 Å². The van der Waals surface area contributed by atoms with Gasteiger partial charge in [-0.3, -0.25) is 9.59 Å². The molecule has 152 valence electrons. The van der Waals surface area contributed by atoms with Gasteiger partial charge in [0.2, 0.25) is 5.91 Å². The number of carbonyl (C=O) groups is 2. The second-order valence-electron chi connectivity index (χ2n) is 8.20. The highest BCUT2D eigenvalue weighted by Gasteiger charge is 2.47. The van der Waals surface area contributed by atoms with Gasteiger partial charge in [0.25, 0.3) is 5.91 Å². The van der Waals surface area contributed by atoms with Crippen molar-refractivity contribution < 1.29 is 19.1 Å². The molecular formula is C21H29N3O4. The summed E-state index contributed by atoms with van der Waals surface area (Å²) >= 11 is 0. The SMILES string of the molecule is CC(C)N1C(=O)CO[C@H](C(=O)N2CCOC3(CCNC3)C2)[C@H]1c1ccccc1. The van der Waals surface area contributed by atoms with Crippen LogP contribution in [-0.2, 0) is 19.1 Å². The number of rotatable bonds is 3. The molecule has 3 fully saturated rings. The molecule has 1 aromatic carbocycles. The third-order valence-electron chi connectivity index (χ3n) is 5.97. The molecule has 28 heavy (non-hydrogen) atoms. The van der Waals surface area contributed by atoms with Gasteiger partial charge in [0, 0.05) is 19.1 Å². The van der Waals surface area contributed by atoms with E-state index in [1.165, 1.54) is 0 Å². The Morgan fingerprint density at radius 3 is 2.75 bits per heavy atom. The van der Waals surface area contributed by atoms with Crippen LogP contribution in [0.25, 0.3) is 0 Å². The third-order valence-corrected chi connectivity index (χ3v) is 5.97. The van der Waals surface area contributed by atoms with Crippen LogP contribution in [0, 0.1) is 0 Å². The number of benzene rings is 1. The zero-order chi connectivity index (χ0) is 19.7. The number of hydrogen-bond donors (Lipinski definition) is 1. The number of carbonyl (C=O) groups excluding carboxylic acids is 2. The largest absolute Gasteiger partial charge is 0.370 e. The molecule has 3 heterocycles. The first-order chi connectivity index (χ1) is 13.5. The second-order valence-corrected chi connectivity index (χ2v) is 8.20. The maximum Gasteiger partial charge on any atom is 0.254 e. The molecule has 3 aliphatic heterocycles. The summed E-state index contributed by atoms with van der Waals surface area (Å²) in [5, 5.41) is 3.34. The molecule has 3 saturated heterocycles. The van der Waals surface area contributed by atoms with E-state index < -0.39 is 12.1 Å². The van der Waals surface area contributed by atoms with E-state index in [1.807, 2.05) is 49.1 Å². The van der Waals surface area contributed by atoms with Crippen molar-refractivity contribution in [2.24, 2.45) is 0 Å². The monoisotopic (exact) mass is 387 g/mol. The highest BCUT2D eigenvalue weighted by atomic mass is 16.5. The fourth-order valence-electron chi connectivity index (χ4n) is 4.62. The Balaban J connectivity index is 1.62. The number of nitrogens with one attached hydrogen (secondary N) is 1. The maximum atomic E-state index is 13.5. The van der Waals surface area contributed by atoms with E-state index in [0.717, 1.165) is 25.1 Å². The number of nitrogens with zero attached hydrogens (tertiary/aromatic N) is 2. The van der Waals surface area contributed by atoms with Crippen LogP contribution in [0.1, 0.15) is 31.9 Å². The number of morpholine rings is 2. The lowest BCUT2D eigenvalue weighted by atomic mass is 9.94. The number of amides is 2. The van der Waals surface area contributed by atoms with E-state index in [-0.39, 0.29) is 30.1 Å². The predicted octanol–water partition coefficient (Wildman–Crippen LogP) is 0.954. The molecule has 0 aliphatic carbocycles. The van der Waals surface area contributed by atoms with Gasteiger partial charge in [-0.1, -0.05) is 30.3 Å². The van der Waals surface area contributed by atoms with Gasteiger partial charge in [-0.05, 0) is 32.4 Å². The van der Waals surface area contributed by atoms with Gasteiger partial charge in [-0.25, -0.2) is 0 Å².